The van der Waals surface area contributed by atoms with Gasteiger partial charge in [-0.2, -0.15) is 0 Å². The van der Waals surface area contributed by atoms with Crippen molar-refractivity contribution >= 4 is 17.7 Å². The number of amides is 1. The smallest absolute Gasteiger partial charge is 0.381 e. The molecule has 6 nitrogen and oxygen atoms in total. The molecule has 0 radical (unpaired) electrons. The number of hydrogen-bond donors (Lipinski definition) is 2. The number of nitrogens with one attached hydrogen (secondary N) is 1. The van der Waals surface area contributed by atoms with Crippen molar-refractivity contribution in [2.45, 2.75) is 51.0 Å². The van der Waals surface area contributed by atoms with E-state index < -0.39 is 5.97 Å². The van der Waals surface area contributed by atoms with Gasteiger partial charge in [0.25, 0.3) is 0 Å². The van der Waals surface area contributed by atoms with Crippen molar-refractivity contribution in [3.05, 3.63) is 58.8 Å². The van der Waals surface area contributed by atoms with E-state index >= 15 is 0 Å². The van der Waals surface area contributed by atoms with Gasteiger partial charge in [0.15, 0.2) is 0 Å². The summed E-state index contributed by atoms with van der Waals surface area (Å²) >= 11 is 0. The summed E-state index contributed by atoms with van der Waals surface area (Å²) < 4.78 is 0. The van der Waals surface area contributed by atoms with Gasteiger partial charge in [-0.05, 0) is 54.9 Å². The zero-order valence-electron chi connectivity index (χ0n) is 17.6. The van der Waals surface area contributed by atoms with E-state index in [-0.39, 0.29) is 11.8 Å². The van der Waals surface area contributed by atoms with Gasteiger partial charge in [-0.3, -0.25) is 4.79 Å². The number of hydrogen-bond acceptors (Lipinski definition) is 4. The second-order valence-corrected chi connectivity index (χ2v) is 8.12. The highest BCUT2D eigenvalue weighted by Gasteiger charge is 2.23. The van der Waals surface area contributed by atoms with Crippen molar-refractivity contribution in [1.29, 1.82) is 0 Å². The normalized spacial score (nSPS) is 17.3. The van der Waals surface area contributed by atoms with Crippen LogP contribution in [0.4, 0.5) is 5.82 Å². The zero-order valence-corrected chi connectivity index (χ0v) is 17.6. The molecule has 0 spiro atoms. The lowest BCUT2D eigenvalue weighted by atomic mass is 9.93. The number of pyridine rings is 1. The summed E-state index contributed by atoms with van der Waals surface area (Å²) in [5.74, 6) is 4.94. The van der Waals surface area contributed by atoms with Crippen LogP contribution in [0.2, 0.25) is 0 Å². The molecular formula is C25H27N3O3. The molecule has 1 atom stereocenters. The third kappa shape index (κ3) is 5.24. The number of aliphatic carboxylic acids is 1. The Labute approximate surface area is 182 Å². The molecule has 0 fully saturated rings. The Morgan fingerprint density at radius 3 is 2.94 bits per heavy atom. The molecule has 1 aromatic heterocycles. The molecule has 4 rings (SSSR count). The molecule has 0 bridgehead atoms. The number of carbonyl (C=O) groups excluding carboxylic acids is 1. The SMILES string of the molecule is O=C(O)C#CC1CCN(C(=O)CCCc2ccc3c(n2)NCCC3)Cc2ccccc21. The number of aromatic nitrogens is 1. The third-order valence-electron chi connectivity index (χ3n) is 5.96. The number of anilines is 1. The highest BCUT2D eigenvalue weighted by atomic mass is 16.4. The number of aryl methyl sites for hydroxylation is 2. The number of fused-ring (bicyclic) bond motifs is 2. The van der Waals surface area contributed by atoms with Crippen molar-refractivity contribution in [3.63, 3.8) is 0 Å². The summed E-state index contributed by atoms with van der Waals surface area (Å²) in [6, 6.07) is 12.1. The van der Waals surface area contributed by atoms with E-state index in [0.29, 0.717) is 25.9 Å². The van der Waals surface area contributed by atoms with Crippen LogP contribution in [0.25, 0.3) is 0 Å². The number of nitrogens with zero attached hydrogens (tertiary/aromatic N) is 2. The van der Waals surface area contributed by atoms with Crippen LogP contribution in [0.3, 0.4) is 0 Å². The number of carboxylic acids is 1. The monoisotopic (exact) mass is 417 g/mol. The molecule has 2 aromatic rings. The first-order valence-corrected chi connectivity index (χ1v) is 10.9. The predicted molar refractivity (Wildman–Crippen MR) is 119 cm³/mol. The van der Waals surface area contributed by atoms with Gasteiger partial charge in [-0.25, -0.2) is 9.78 Å². The van der Waals surface area contributed by atoms with Gasteiger partial charge in [-0.1, -0.05) is 36.3 Å². The summed E-state index contributed by atoms with van der Waals surface area (Å²) in [4.78, 5) is 30.4. The Bertz CT molecular complexity index is 1040. The van der Waals surface area contributed by atoms with Crippen LogP contribution >= 0.6 is 0 Å². The van der Waals surface area contributed by atoms with E-state index in [4.69, 9.17) is 10.1 Å². The maximum atomic E-state index is 12.9. The number of carbonyl (C=O) groups is 2. The van der Waals surface area contributed by atoms with Crippen LogP contribution in [0, 0.1) is 11.8 Å². The first kappa shape index (κ1) is 20.9. The zero-order chi connectivity index (χ0) is 21.6. The number of carboxylic acid groups (broad SMARTS) is 1. The predicted octanol–water partition coefficient (Wildman–Crippen LogP) is 3.37. The fourth-order valence-electron chi connectivity index (χ4n) is 4.34. The molecule has 2 N–H and O–H groups in total. The Balaban J connectivity index is 1.37. The van der Waals surface area contributed by atoms with E-state index in [1.54, 1.807) is 0 Å². The van der Waals surface area contributed by atoms with Crippen molar-refractivity contribution in [3.8, 4) is 11.8 Å². The first-order valence-electron chi connectivity index (χ1n) is 10.9. The van der Waals surface area contributed by atoms with Gasteiger partial charge < -0.3 is 15.3 Å². The molecular weight excluding hydrogens is 390 g/mol. The fourth-order valence-corrected chi connectivity index (χ4v) is 4.34. The van der Waals surface area contributed by atoms with Gasteiger partial charge in [-0.15, -0.1) is 0 Å². The van der Waals surface area contributed by atoms with E-state index in [2.05, 4.69) is 29.3 Å². The van der Waals surface area contributed by atoms with E-state index in [1.807, 2.05) is 29.2 Å². The van der Waals surface area contributed by atoms with Crippen LogP contribution < -0.4 is 5.32 Å². The fraction of sp³-hybridized carbons (Fsp3) is 0.400. The van der Waals surface area contributed by atoms with Crippen molar-refractivity contribution in [2.75, 3.05) is 18.4 Å². The van der Waals surface area contributed by atoms with Gasteiger partial charge in [0.05, 0.1) is 0 Å². The average Bonchev–Trinajstić information content (AvgIpc) is 2.97. The molecule has 1 unspecified atom stereocenters. The summed E-state index contributed by atoms with van der Waals surface area (Å²) in [6.07, 6.45) is 4.86. The van der Waals surface area contributed by atoms with E-state index in [9.17, 15) is 9.59 Å². The Morgan fingerprint density at radius 1 is 1.19 bits per heavy atom. The third-order valence-corrected chi connectivity index (χ3v) is 5.96. The summed E-state index contributed by atoms with van der Waals surface area (Å²) in [5.41, 5.74) is 4.36. The molecule has 6 heteroatoms. The van der Waals surface area contributed by atoms with Crippen LogP contribution in [0.5, 0.6) is 0 Å². The minimum atomic E-state index is -1.12. The summed E-state index contributed by atoms with van der Waals surface area (Å²) in [5, 5.41) is 12.3. The molecule has 0 aliphatic carbocycles. The summed E-state index contributed by atoms with van der Waals surface area (Å²) in [7, 11) is 0. The van der Waals surface area contributed by atoms with E-state index in [0.717, 1.165) is 54.9 Å². The van der Waals surface area contributed by atoms with Crippen LogP contribution in [-0.4, -0.2) is 40.0 Å². The maximum Gasteiger partial charge on any atom is 0.381 e. The number of rotatable bonds is 4. The molecule has 2 aliphatic heterocycles. The van der Waals surface area contributed by atoms with E-state index in [1.165, 1.54) is 5.56 Å². The molecule has 31 heavy (non-hydrogen) atoms. The topological polar surface area (TPSA) is 82.5 Å². The van der Waals surface area contributed by atoms with Crippen molar-refractivity contribution in [2.24, 2.45) is 0 Å². The van der Waals surface area contributed by atoms with Crippen LogP contribution in [-0.2, 0) is 29.0 Å². The highest BCUT2D eigenvalue weighted by Crippen LogP contribution is 2.28. The first-order chi connectivity index (χ1) is 15.1. The number of benzene rings is 1. The largest absolute Gasteiger partial charge is 0.472 e. The highest BCUT2D eigenvalue weighted by molar-refractivity contribution is 5.86. The molecule has 3 heterocycles. The Hall–Kier alpha value is -3.33. The second-order valence-electron chi connectivity index (χ2n) is 8.12. The van der Waals surface area contributed by atoms with Crippen molar-refractivity contribution < 1.29 is 14.7 Å². The Kier molecular flexibility index (Phi) is 6.51. The Morgan fingerprint density at radius 2 is 2.06 bits per heavy atom. The second kappa shape index (κ2) is 9.65. The van der Waals surface area contributed by atoms with Crippen LogP contribution in [0.15, 0.2) is 36.4 Å². The lowest BCUT2D eigenvalue weighted by Gasteiger charge is -2.21. The standard InChI is InChI=1S/C25H27N3O3/c29-23(9-3-7-21-12-10-19-6-4-15-26-25(19)27-21)28-16-14-18(11-13-24(30)31)22-8-2-1-5-20(22)17-28/h1-2,5,8,10,12,18H,3-4,6-7,9,14-17H2,(H,26,27)(H,30,31). The van der Waals surface area contributed by atoms with Crippen LogP contribution in [0.1, 0.15) is 54.0 Å². The lowest BCUT2D eigenvalue weighted by Crippen LogP contribution is -2.30. The minimum Gasteiger partial charge on any atom is -0.472 e. The molecule has 1 aromatic carbocycles. The van der Waals surface area contributed by atoms with Gasteiger partial charge in [0.2, 0.25) is 5.91 Å². The van der Waals surface area contributed by atoms with Gasteiger partial charge in [0.1, 0.15) is 5.82 Å². The maximum absolute atomic E-state index is 12.9. The quantitative estimate of drug-likeness (QED) is 0.746. The summed E-state index contributed by atoms with van der Waals surface area (Å²) in [6.45, 7) is 2.09. The average molecular weight is 418 g/mol. The lowest BCUT2D eigenvalue weighted by molar-refractivity contribution is -0.132. The molecule has 2 aliphatic rings. The molecule has 160 valence electrons. The van der Waals surface area contributed by atoms with Crippen molar-refractivity contribution in [1.82, 2.24) is 9.88 Å². The molecule has 0 saturated carbocycles. The molecule has 0 saturated heterocycles. The van der Waals surface area contributed by atoms with Gasteiger partial charge >= 0.3 is 5.97 Å². The van der Waals surface area contributed by atoms with Gasteiger partial charge in [0, 0.05) is 43.6 Å². The minimum absolute atomic E-state index is 0.123. The molecule has 1 amide bonds.